The Labute approximate surface area is 108 Å². The molecule has 3 nitrogen and oxygen atoms in total. The van der Waals surface area contributed by atoms with Crippen molar-refractivity contribution in [3.63, 3.8) is 0 Å². The number of piperidine rings is 1. The maximum absolute atomic E-state index is 5.62. The largest absolute Gasteiger partial charge is 0.330 e. The third-order valence-corrected chi connectivity index (χ3v) is 4.71. The molecule has 2 heterocycles. The number of nitrogens with two attached hydrogens (primary N) is 1. The second-order valence-corrected chi connectivity index (χ2v) is 6.33. The van der Waals surface area contributed by atoms with Gasteiger partial charge < -0.3 is 5.73 Å². The minimum Gasteiger partial charge on any atom is -0.330 e. The molecule has 4 heteroatoms. The number of nitrogens with zero attached hydrogens (tertiary/aromatic N) is 2. The van der Waals surface area contributed by atoms with Gasteiger partial charge in [0.2, 0.25) is 0 Å². The third-order valence-electron chi connectivity index (χ3n) is 3.65. The Morgan fingerprint density at radius 3 is 2.59 bits per heavy atom. The van der Waals surface area contributed by atoms with Gasteiger partial charge in [0.05, 0.1) is 10.7 Å². The van der Waals surface area contributed by atoms with E-state index in [9.17, 15) is 0 Å². The molecule has 2 rings (SSSR count). The van der Waals surface area contributed by atoms with Crippen LogP contribution < -0.4 is 5.73 Å². The molecular formula is C13H23N3S. The molecule has 1 aromatic heterocycles. The van der Waals surface area contributed by atoms with Crippen LogP contribution in [0.15, 0.2) is 0 Å². The summed E-state index contributed by atoms with van der Waals surface area (Å²) in [6, 6.07) is 0. The van der Waals surface area contributed by atoms with Crippen molar-refractivity contribution in [2.24, 2.45) is 11.7 Å². The lowest BCUT2D eigenvalue weighted by atomic mass is 9.93. The lowest BCUT2D eigenvalue weighted by Gasteiger charge is -2.31. The predicted molar refractivity (Wildman–Crippen MR) is 73.3 cm³/mol. The minimum atomic E-state index is 0.845. The first kappa shape index (κ1) is 13.0. The van der Waals surface area contributed by atoms with Gasteiger partial charge in [-0.1, -0.05) is 0 Å². The maximum atomic E-state index is 5.62. The van der Waals surface area contributed by atoms with E-state index in [0.29, 0.717) is 0 Å². The van der Waals surface area contributed by atoms with Gasteiger partial charge in [0.1, 0.15) is 0 Å². The van der Waals surface area contributed by atoms with E-state index in [1.807, 2.05) is 11.3 Å². The number of aromatic nitrogens is 1. The van der Waals surface area contributed by atoms with E-state index < -0.39 is 0 Å². The quantitative estimate of drug-likeness (QED) is 0.895. The molecule has 1 aromatic rings. The summed E-state index contributed by atoms with van der Waals surface area (Å²) in [5.41, 5.74) is 6.84. The fourth-order valence-electron chi connectivity index (χ4n) is 2.59. The minimum absolute atomic E-state index is 0.845. The first-order valence-electron chi connectivity index (χ1n) is 6.54. The van der Waals surface area contributed by atoms with Gasteiger partial charge in [0.15, 0.2) is 0 Å². The van der Waals surface area contributed by atoms with E-state index in [-0.39, 0.29) is 0 Å². The van der Waals surface area contributed by atoms with Crippen LogP contribution in [0.3, 0.4) is 0 Å². The smallest absolute Gasteiger partial charge is 0.0900 e. The highest BCUT2D eigenvalue weighted by atomic mass is 32.1. The van der Waals surface area contributed by atoms with Gasteiger partial charge in [-0.15, -0.1) is 11.3 Å². The topological polar surface area (TPSA) is 42.2 Å². The molecular weight excluding hydrogens is 230 g/mol. The van der Waals surface area contributed by atoms with Gasteiger partial charge in [-0.3, -0.25) is 4.90 Å². The van der Waals surface area contributed by atoms with E-state index in [4.69, 9.17) is 5.73 Å². The number of hydrogen-bond donors (Lipinski definition) is 1. The summed E-state index contributed by atoms with van der Waals surface area (Å²) >= 11 is 1.85. The van der Waals surface area contributed by atoms with Gasteiger partial charge in [0.25, 0.3) is 0 Å². The lowest BCUT2D eigenvalue weighted by molar-refractivity contribution is 0.174. The molecule has 96 valence electrons. The Morgan fingerprint density at radius 1 is 1.35 bits per heavy atom. The molecule has 2 N–H and O–H groups in total. The van der Waals surface area contributed by atoms with Crippen molar-refractivity contribution >= 4 is 11.3 Å². The highest BCUT2D eigenvalue weighted by molar-refractivity contribution is 7.11. The van der Waals surface area contributed by atoms with Crippen LogP contribution in [0.5, 0.6) is 0 Å². The van der Waals surface area contributed by atoms with Gasteiger partial charge in [-0.2, -0.15) is 0 Å². The Morgan fingerprint density at radius 2 is 2.06 bits per heavy atom. The molecule has 0 bridgehead atoms. The van der Waals surface area contributed by atoms with Gasteiger partial charge in [-0.25, -0.2) is 4.98 Å². The lowest BCUT2D eigenvalue weighted by Crippen LogP contribution is -2.33. The highest BCUT2D eigenvalue weighted by Crippen LogP contribution is 2.24. The van der Waals surface area contributed by atoms with E-state index in [1.165, 1.54) is 47.9 Å². The second-order valence-electron chi connectivity index (χ2n) is 5.04. The highest BCUT2D eigenvalue weighted by Gasteiger charge is 2.19. The first-order chi connectivity index (χ1) is 8.19. The molecule has 1 fully saturated rings. The standard InChI is InChI=1S/C13H23N3S/c1-10-13(17-11(2)15-10)9-16-7-4-12(3-6-14)5-8-16/h12H,3-9,14H2,1-2H3. The Bertz CT molecular complexity index is 354. The molecule has 1 aliphatic rings. The Balaban J connectivity index is 1.84. The summed E-state index contributed by atoms with van der Waals surface area (Å²) in [5.74, 6) is 0.862. The molecule has 0 atom stereocenters. The van der Waals surface area contributed by atoms with Crippen LogP contribution in [0.1, 0.15) is 34.8 Å². The molecule has 1 saturated heterocycles. The summed E-state index contributed by atoms with van der Waals surface area (Å²) in [6.07, 6.45) is 3.83. The predicted octanol–water partition coefficient (Wildman–Crippen LogP) is 2.32. The van der Waals surface area contributed by atoms with Crippen LogP contribution in [0.4, 0.5) is 0 Å². The van der Waals surface area contributed by atoms with E-state index in [0.717, 1.165) is 19.0 Å². The fourth-order valence-corrected chi connectivity index (χ4v) is 3.57. The maximum Gasteiger partial charge on any atom is 0.0900 e. The van der Waals surface area contributed by atoms with Crippen molar-refractivity contribution in [1.82, 2.24) is 9.88 Å². The molecule has 17 heavy (non-hydrogen) atoms. The van der Waals surface area contributed by atoms with E-state index in [1.54, 1.807) is 0 Å². The van der Waals surface area contributed by atoms with Gasteiger partial charge in [0, 0.05) is 11.4 Å². The second kappa shape index (κ2) is 5.94. The fraction of sp³-hybridized carbons (Fsp3) is 0.769. The van der Waals surface area contributed by atoms with Crippen LogP contribution >= 0.6 is 11.3 Å². The van der Waals surface area contributed by atoms with Crippen LogP contribution in [-0.4, -0.2) is 29.5 Å². The average molecular weight is 253 g/mol. The Hall–Kier alpha value is -0.450. The monoisotopic (exact) mass is 253 g/mol. The molecule has 0 spiro atoms. The summed E-state index contributed by atoms with van der Waals surface area (Å²) in [5, 5.41) is 1.19. The number of rotatable bonds is 4. The molecule has 0 aromatic carbocycles. The molecule has 1 aliphatic heterocycles. The average Bonchev–Trinajstić information content (AvgIpc) is 2.61. The van der Waals surface area contributed by atoms with Crippen molar-refractivity contribution in [3.8, 4) is 0 Å². The van der Waals surface area contributed by atoms with E-state index >= 15 is 0 Å². The molecule has 0 radical (unpaired) electrons. The zero-order chi connectivity index (χ0) is 12.3. The van der Waals surface area contributed by atoms with E-state index in [2.05, 4.69) is 23.7 Å². The molecule has 0 unspecified atom stereocenters. The van der Waals surface area contributed by atoms with Crippen molar-refractivity contribution in [3.05, 3.63) is 15.6 Å². The molecule has 0 amide bonds. The SMILES string of the molecule is Cc1nc(C)c(CN2CCC(CCN)CC2)s1. The third kappa shape index (κ3) is 3.50. The summed E-state index contributed by atoms with van der Waals surface area (Å²) < 4.78 is 0. The normalized spacial score (nSPS) is 18.8. The Kier molecular flexibility index (Phi) is 4.54. The van der Waals surface area contributed by atoms with Crippen molar-refractivity contribution < 1.29 is 0 Å². The number of aryl methyl sites for hydroxylation is 2. The van der Waals surface area contributed by atoms with Crippen molar-refractivity contribution in [2.45, 2.75) is 39.7 Å². The van der Waals surface area contributed by atoms with Crippen molar-refractivity contribution in [1.29, 1.82) is 0 Å². The first-order valence-corrected chi connectivity index (χ1v) is 7.36. The number of likely N-dealkylation sites (tertiary alicyclic amines) is 1. The van der Waals surface area contributed by atoms with Crippen LogP contribution in [0, 0.1) is 19.8 Å². The van der Waals surface area contributed by atoms with Gasteiger partial charge >= 0.3 is 0 Å². The van der Waals surface area contributed by atoms with Crippen LogP contribution in [-0.2, 0) is 6.54 Å². The summed E-state index contributed by atoms with van der Waals surface area (Å²) in [6.45, 7) is 8.60. The molecule has 0 aliphatic carbocycles. The summed E-state index contributed by atoms with van der Waals surface area (Å²) in [7, 11) is 0. The van der Waals surface area contributed by atoms with Gasteiger partial charge in [-0.05, 0) is 58.7 Å². The zero-order valence-corrected chi connectivity index (χ0v) is 11.7. The van der Waals surface area contributed by atoms with Crippen LogP contribution in [0.2, 0.25) is 0 Å². The zero-order valence-electron chi connectivity index (χ0n) is 10.9. The number of thiazole rings is 1. The van der Waals surface area contributed by atoms with Crippen LogP contribution in [0.25, 0.3) is 0 Å². The summed E-state index contributed by atoms with van der Waals surface area (Å²) in [4.78, 5) is 8.50. The number of hydrogen-bond acceptors (Lipinski definition) is 4. The molecule has 0 saturated carbocycles. The van der Waals surface area contributed by atoms with Crippen molar-refractivity contribution in [2.75, 3.05) is 19.6 Å².